The molecule has 1 aliphatic rings. The van der Waals surface area contributed by atoms with Crippen molar-refractivity contribution in [1.82, 2.24) is 24.9 Å². The molecule has 0 radical (unpaired) electrons. The van der Waals surface area contributed by atoms with E-state index in [1.54, 1.807) is 6.20 Å². The highest BCUT2D eigenvalue weighted by Gasteiger charge is 2.41. The molecule has 2 N–H and O–H groups in total. The van der Waals surface area contributed by atoms with Crippen molar-refractivity contribution in [3.63, 3.8) is 0 Å². The third-order valence-electron chi connectivity index (χ3n) is 7.97. The fourth-order valence-electron chi connectivity index (χ4n) is 5.63. The Morgan fingerprint density at radius 2 is 1.70 bits per heavy atom. The van der Waals surface area contributed by atoms with Gasteiger partial charge < -0.3 is 10.1 Å². The average Bonchev–Trinajstić information content (AvgIpc) is 3.56. The first-order chi connectivity index (χ1) is 19.2. The molecular weight excluding hydrogens is 498 g/mol. The summed E-state index contributed by atoms with van der Waals surface area (Å²) < 4.78 is 7.77. The second-order valence-corrected chi connectivity index (χ2v) is 11.8. The maximum absolute atomic E-state index is 12.6. The minimum Gasteiger partial charge on any atom is -0.444 e. The third kappa shape index (κ3) is 4.55. The van der Waals surface area contributed by atoms with Crippen molar-refractivity contribution in [3.05, 3.63) is 89.7 Å². The number of hydrogen-bond acceptors (Lipinski definition) is 4. The summed E-state index contributed by atoms with van der Waals surface area (Å²) in [6.45, 7) is 9.91. The minimum atomic E-state index is -0.538. The maximum atomic E-state index is 12.6. The number of imidazole rings is 1. The lowest BCUT2D eigenvalue weighted by Gasteiger charge is -2.43. The van der Waals surface area contributed by atoms with E-state index in [-0.39, 0.29) is 6.09 Å². The number of benzene rings is 2. The summed E-state index contributed by atoms with van der Waals surface area (Å²) in [7, 11) is 0. The average molecular weight is 534 g/mol. The van der Waals surface area contributed by atoms with Gasteiger partial charge in [0, 0.05) is 29.1 Å². The van der Waals surface area contributed by atoms with E-state index in [4.69, 9.17) is 9.72 Å². The molecule has 0 bridgehead atoms. The Morgan fingerprint density at radius 1 is 0.975 bits per heavy atom. The fourth-order valence-corrected chi connectivity index (χ4v) is 5.63. The molecule has 3 heterocycles. The number of hydrogen-bond donors (Lipinski definition) is 2. The van der Waals surface area contributed by atoms with Crippen molar-refractivity contribution >= 4 is 11.7 Å². The molecule has 0 saturated heterocycles. The molecule has 0 aliphatic heterocycles. The first-order valence-corrected chi connectivity index (χ1v) is 13.8. The van der Waals surface area contributed by atoms with Crippen LogP contribution in [0.15, 0.2) is 73.1 Å². The van der Waals surface area contributed by atoms with Crippen LogP contribution >= 0.6 is 0 Å². The van der Waals surface area contributed by atoms with Gasteiger partial charge in [0.15, 0.2) is 0 Å². The smallest absolute Gasteiger partial charge is 0.408 e. The number of H-pyrrole nitrogens is 1. The van der Waals surface area contributed by atoms with Gasteiger partial charge in [-0.25, -0.2) is 9.78 Å². The highest BCUT2D eigenvalue weighted by Crippen LogP contribution is 2.43. The maximum Gasteiger partial charge on any atom is 0.408 e. The van der Waals surface area contributed by atoms with Crippen molar-refractivity contribution in [2.45, 2.75) is 65.0 Å². The predicted octanol–water partition coefficient (Wildman–Crippen LogP) is 7.58. The number of rotatable bonds is 5. The zero-order chi connectivity index (χ0) is 28.1. The van der Waals surface area contributed by atoms with Crippen molar-refractivity contribution in [1.29, 1.82) is 0 Å². The van der Waals surface area contributed by atoms with Gasteiger partial charge in [-0.1, -0.05) is 54.6 Å². The van der Waals surface area contributed by atoms with E-state index < -0.39 is 11.1 Å². The fraction of sp³-hybridized carbons (Fsp3) is 0.303. The summed E-state index contributed by atoms with van der Waals surface area (Å²) in [5.41, 5.74) is 9.54. The first-order valence-electron chi connectivity index (χ1n) is 13.8. The molecule has 204 valence electrons. The van der Waals surface area contributed by atoms with Crippen molar-refractivity contribution in [2.75, 3.05) is 0 Å². The van der Waals surface area contributed by atoms with E-state index in [2.05, 4.69) is 88.5 Å². The number of ether oxygens (including phenoxy) is 1. The Hall–Kier alpha value is -4.39. The van der Waals surface area contributed by atoms with Crippen LogP contribution in [0.4, 0.5) is 4.79 Å². The number of aryl methyl sites for hydroxylation is 1. The van der Waals surface area contributed by atoms with Gasteiger partial charge in [0.25, 0.3) is 0 Å². The van der Waals surface area contributed by atoms with E-state index in [9.17, 15) is 4.79 Å². The monoisotopic (exact) mass is 533 g/mol. The first kappa shape index (κ1) is 25.9. The molecule has 0 spiro atoms. The highest BCUT2D eigenvalue weighted by atomic mass is 16.6. The largest absolute Gasteiger partial charge is 0.444 e. The molecule has 1 aliphatic carbocycles. The molecule has 3 aromatic heterocycles. The van der Waals surface area contributed by atoms with Crippen LogP contribution in [0.2, 0.25) is 0 Å². The van der Waals surface area contributed by atoms with E-state index in [1.807, 2.05) is 32.9 Å². The Balaban J connectivity index is 1.45. The van der Waals surface area contributed by atoms with Gasteiger partial charge in [-0.2, -0.15) is 5.10 Å². The lowest BCUT2D eigenvalue weighted by molar-refractivity contribution is 0.0377. The molecule has 7 nitrogen and oxygen atoms in total. The van der Waals surface area contributed by atoms with Crippen LogP contribution in [0.5, 0.6) is 0 Å². The van der Waals surface area contributed by atoms with E-state index in [0.717, 1.165) is 69.8 Å². The summed E-state index contributed by atoms with van der Waals surface area (Å²) in [4.78, 5) is 17.9. The number of aromatic nitrogens is 4. The molecule has 5 aromatic rings. The Kier molecular flexibility index (Phi) is 6.25. The molecule has 40 heavy (non-hydrogen) atoms. The summed E-state index contributed by atoms with van der Waals surface area (Å²) in [5.74, 6) is 0. The Bertz CT molecular complexity index is 1670. The minimum absolute atomic E-state index is 0.373. The quantitative estimate of drug-likeness (QED) is 0.244. The number of carbonyl (C=O) groups excluding carboxylic acids is 1. The van der Waals surface area contributed by atoms with Gasteiger partial charge in [-0.3, -0.25) is 9.50 Å². The van der Waals surface area contributed by atoms with E-state index in [1.165, 1.54) is 5.56 Å². The molecule has 7 heteroatoms. The van der Waals surface area contributed by atoms with Crippen molar-refractivity contribution in [2.24, 2.45) is 0 Å². The van der Waals surface area contributed by atoms with Gasteiger partial charge in [-0.05, 0) is 76.6 Å². The van der Waals surface area contributed by atoms with Crippen LogP contribution < -0.4 is 5.32 Å². The topological polar surface area (TPSA) is 84.3 Å². The third-order valence-corrected chi connectivity index (χ3v) is 7.97. The number of nitrogens with one attached hydrogen (secondary N) is 2. The lowest BCUT2D eigenvalue weighted by atomic mass is 9.71. The summed E-state index contributed by atoms with van der Waals surface area (Å²) in [6, 6.07) is 20.9. The van der Waals surface area contributed by atoms with Gasteiger partial charge in [0.05, 0.1) is 22.6 Å². The zero-order valence-corrected chi connectivity index (χ0v) is 23.7. The SMILES string of the molecule is Cc1c(-c2ccn[nH]2)cn2c(-c3ccccc3)c(-c3ccc(C4(NC(=O)OC(C)(C)C)CCC4)cc3)nc2c1C. The summed E-state index contributed by atoms with van der Waals surface area (Å²) in [6.07, 6.45) is 6.42. The van der Waals surface area contributed by atoms with Crippen molar-refractivity contribution < 1.29 is 9.53 Å². The van der Waals surface area contributed by atoms with Gasteiger partial charge in [-0.15, -0.1) is 0 Å². The number of carbonyl (C=O) groups is 1. The van der Waals surface area contributed by atoms with E-state index in [0.29, 0.717) is 0 Å². The van der Waals surface area contributed by atoms with Gasteiger partial charge in [0.2, 0.25) is 0 Å². The second kappa shape index (κ2) is 9.66. The molecular formula is C33H35N5O2. The number of aromatic amines is 1. The number of alkyl carbamates (subject to hydrolysis) is 1. The zero-order valence-electron chi connectivity index (χ0n) is 23.7. The van der Waals surface area contributed by atoms with Gasteiger partial charge in [0.1, 0.15) is 11.2 Å². The number of nitrogens with zero attached hydrogens (tertiary/aromatic N) is 3. The molecule has 1 saturated carbocycles. The Labute approximate surface area is 234 Å². The number of pyridine rings is 1. The van der Waals surface area contributed by atoms with Crippen LogP contribution in [0, 0.1) is 13.8 Å². The van der Waals surface area contributed by atoms with Crippen LogP contribution in [0.25, 0.3) is 39.4 Å². The predicted molar refractivity (Wildman–Crippen MR) is 158 cm³/mol. The summed E-state index contributed by atoms with van der Waals surface area (Å²) >= 11 is 0. The summed E-state index contributed by atoms with van der Waals surface area (Å²) in [5, 5.41) is 10.5. The second-order valence-electron chi connectivity index (χ2n) is 11.8. The molecule has 1 amide bonds. The number of fused-ring (bicyclic) bond motifs is 1. The van der Waals surface area contributed by atoms with Crippen LogP contribution in [0.1, 0.15) is 56.7 Å². The standard InChI is InChI=1S/C33H35N5O2/c1-21-22(2)30-35-28(29(24-10-7-6-8-11-24)38(30)20-26(21)27-16-19-34-37-27)23-12-14-25(15-13-23)33(17-9-18-33)36-31(39)40-32(3,4)5/h6-8,10-16,19-20H,9,17-18H2,1-5H3,(H,34,37)(H,36,39). The molecule has 0 unspecified atom stereocenters. The van der Waals surface area contributed by atoms with Crippen LogP contribution in [-0.2, 0) is 10.3 Å². The highest BCUT2D eigenvalue weighted by molar-refractivity contribution is 5.84. The number of amides is 1. The van der Waals surface area contributed by atoms with Crippen molar-refractivity contribution in [3.8, 4) is 33.8 Å². The molecule has 2 aromatic carbocycles. The van der Waals surface area contributed by atoms with E-state index >= 15 is 0 Å². The van der Waals surface area contributed by atoms with Gasteiger partial charge >= 0.3 is 6.09 Å². The normalized spacial score (nSPS) is 14.6. The van der Waals surface area contributed by atoms with Crippen LogP contribution in [-0.4, -0.2) is 31.3 Å². The molecule has 6 rings (SSSR count). The molecule has 1 fully saturated rings. The lowest BCUT2D eigenvalue weighted by Crippen LogP contribution is -2.52. The Morgan fingerprint density at radius 3 is 2.30 bits per heavy atom. The van der Waals surface area contributed by atoms with Crippen LogP contribution in [0.3, 0.4) is 0 Å². The molecule has 0 atom stereocenters.